The highest BCUT2D eigenvalue weighted by Gasteiger charge is 2.34. The molecule has 0 radical (unpaired) electrons. The van der Waals surface area contributed by atoms with Crippen molar-refractivity contribution in [1.82, 2.24) is 4.90 Å². The van der Waals surface area contributed by atoms with Crippen LogP contribution in [0.15, 0.2) is 16.8 Å². The van der Waals surface area contributed by atoms with Crippen LogP contribution in [0.3, 0.4) is 0 Å². The van der Waals surface area contributed by atoms with Gasteiger partial charge < -0.3 is 4.90 Å². The monoisotopic (exact) mass is 250 g/mol. The molecule has 1 aromatic rings. The number of anilines is 1. The number of hydrogen-bond acceptors (Lipinski definition) is 3. The van der Waals surface area contributed by atoms with Crippen molar-refractivity contribution in [3.63, 3.8) is 0 Å². The Morgan fingerprint density at radius 2 is 2.29 bits per heavy atom. The Balaban J connectivity index is 1.78. The lowest BCUT2D eigenvalue weighted by molar-refractivity contribution is 0.111. The van der Waals surface area contributed by atoms with Gasteiger partial charge in [-0.05, 0) is 37.3 Å². The van der Waals surface area contributed by atoms with Crippen LogP contribution in [-0.4, -0.2) is 36.6 Å². The summed E-state index contributed by atoms with van der Waals surface area (Å²) >= 11 is 1.82. The molecule has 0 aromatic carbocycles. The van der Waals surface area contributed by atoms with E-state index in [1.165, 1.54) is 51.0 Å². The maximum absolute atomic E-state index is 2.74. The van der Waals surface area contributed by atoms with Gasteiger partial charge in [0.15, 0.2) is 0 Å². The molecule has 0 amide bonds. The van der Waals surface area contributed by atoms with E-state index in [-0.39, 0.29) is 0 Å². The molecule has 3 heterocycles. The number of nitrogens with zero attached hydrogens (tertiary/aromatic N) is 2. The Morgan fingerprint density at radius 1 is 1.35 bits per heavy atom. The Kier molecular flexibility index (Phi) is 3.39. The predicted octanol–water partition coefficient (Wildman–Crippen LogP) is 3.20. The summed E-state index contributed by atoms with van der Waals surface area (Å²) < 4.78 is 0. The minimum absolute atomic E-state index is 0.721. The van der Waals surface area contributed by atoms with Crippen molar-refractivity contribution in [1.29, 1.82) is 0 Å². The molecule has 94 valence electrons. The van der Waals surface area contributed by atoms with Gasteiger partial charge in [0, 0.05) is 36.2 Å². The van der Waals surface area contributed by atoms with E-state index in [1.807, 2.05) is 11.3 Å². The third kappa shape index (κ3) is 2.23. The van der Waals surface area contributed by atoms with Crippen LogP contribution < -0.4 is 4.90 Å². The van der Waals surface area contributed by atoms with Crippen LogP contribution >= 0.6 is 11.3 Å². The van der Waals surface area contributed by atoms with Crippen LogP contribution in [-0.2, 0) is 0 Å². The van der Waals surface area contributed by atoms with Gasteiger partial charge in [0.05, 0.1) is 0 Å². The molecule has 0 aliphatic carbocycles. The largest absolute Gasteiger partial charge is 0.365 e. The van der Waals surface area contributed by atoms with Crippen LogP contribution in [0.5, 0.6) is 0 Å². The third-order valence-electron chi connectivity index (χ3n) is 4.35. The highest BCUT2D eigenvalue weighted by Crippen LogP contribution is 2.30. The topological polar surface area (TPSA) is 6.48 Å². The van der Waals surface area contributed by atoms with Crippen molar-refractivity contribution in [2.45, 2.75) is 44.7 Å². The first-order valence-electron chi connectivity index (χ1n) is 6.91. The highest BCUT2D eigenvalue weighted by molar-refractivity contribution is 7.08. The Morgan fingerprint density at radius 3 is 3.06 bits per heavy atom. The predicted molar refractivity (Wildman–Crippen MR) is 75.0 cm³/mol. The molecule has 0 spiro atoms. The Labute approximate surface area is 108 Å². The minimum atomic E-state index is 0.721. The van der Waals surface area contributed by atoms with Crippen molar-refractivity contribution in [3.8, 4) is 0 Å². The van der Waals surface area contributed by atoms with Gasteiger partial charge in [0.2, 0.25) is 0 Å². The van der Waals surface area contributed by atoms with Crippen molar-refractivity contribution in [3.05, 3.63) is 16.8 Å². The van der Waals surface area contributed by atoms with Gasteiger partial charge in [-0.3, -0.25) is 4.90 Å². The fourth-order valence-corrected chi connectivity index (χ4v) is 3.99. The van der Waals surface area contributed by atoms with Crippen molar-refractivity contribution >= 4 is 17.0 Å². The first-order chi connectivity index (χ1) is 8.38. The van der Waals surface area contributed by atoms with Crippen LogP contribution in [0.4, 0.5) is 5.69 Å². The first-order valence-corrected chi connectivity index (χ1v) is 7.85. The van der Waals surface area contributed by atoms with E-state index in [1.54, 1.807) is 0 Å². The number of fused-ring (bicyclic) bond motifs is 1. The zero-order valence-electron chi connectivity index (χ0n) is 10.6. The second-order valence-corrected chi connectivity index (χ2v) is 6.12. The number of hydrogen-bond donors (Lipinski definition) is 0. The molecule has 0 saturated carbocycles. The quantitative estimate of drug-likeness (QED) is 0.795. The second kappa shape index (κ2) is 4.99. The van der Waals surface area contributed by atoms with Crippen LogP contribution in [0.1, 0.15) is 32.6 Å². The van der Waals surface area contributed by atoms with E-state index in [2.05, 4.69) is 33.6 Å². The molecular weight excluding hydrogens is 228 g/mol. The van der Waals surface area contributed by atoms with Gasteiger partial charge in [-0.1, -0.05) is 13.3 Å². The van der Waals surface area contributed by atoms with Crippen molar-refractivity contribution < 1.29 is 0 Å². The zero-order chi connectivity index (χ0) is 11.7. The first kappa shape index (κ1) is 11.5. The fraction of sp³-hybridized carbons (Fsp3) is 0.714. The molecule has 2 saturated heterocycles. The molecule has 2 aliphatic rings. The van der Waals surface area contributed by atoms with E-state index in [9.17, 15) is 0 Å². The number of piperidine rings is 1. The molecule has 0 bridgehead atoms. The molecule has 2 nitrogen and oxygen atoms in total. The van der Waals surface area contributed by atoms with E-state index >= 15 is 0 Å². The summed E-state index contributed by atoms with van der Waals surface area (Å²) in [5, 5.41) is 4.51. The second-order valence-electron chi connectivity index (χ2n) is 5.34. The maximum atomic E-state index is 2.74. The minimum Gasteiger partial charge on any atom is -0.365 e. The van der Waals surface area contributed by atoms with Gasteiger partial charge in [-0.25, -0.2) is 0 Å². The van der Waals surface area contributed by atoms with Crippen LogP contribution in [0, 0.1) is 0 Å². The number of piperazine rings is 1. The molecule has 17 heavy (non-hydrogen) atoms. The van der Waals surface area contributed by atoms with Crippen molar-refractivity contribution in [2.75, 3.05) is 24.5 Å². The molecule has 2 unspecified atom stereocenters. The molecular formula is C14H22N2S. The molecule has 2 atom stereocenters. The third-order valence-corrected chi connectivity index (χ3v) is 5.02. The maximum Gasteiger partial charge on any atom is 0.0478 e. The SMILES string of the molecule is CCC1CN2CCCCC2CN1c1ccsc1. The highest BCUT2D eigenvalue weighted by atomic mass is 32.1. The van der Waals surface area contributed by atoms with Gasteiger partial charge in [-0.15, -0.1) is 0 Å². The normalized spacial score (nSPS) is 30.3. The molecule has 3 rings (SSSR count). The lowest BCUT2D eigenvalue weighted by Crippen LogP contribution is -2.59. The average molecular weight is 250 g/mol. The molecule has 2 aliphatic heterocycles. The lowest BCUT2D eigenvalue weighted by Gasteiger charge is -2.49. The van der Waals surface area contributed by atoms with E-state index in [0.29, 0.717) is 0 Å². The van der Waals surface area contributed by atoms with Crippen molar-refractivity contribution in [2.24, 2.45) is 0 Å². The van der Waals surface area contributed by atoms with Gasteiger partial charge >= 0.3 is 0 Å². The van der Waals surface area contributed by atoms with E-state index in [4.69, 9.17) is 0 Å². The van der Waals surface area contributed by atoms with Gasteiger partial charge in [0.1, 0.15) is 0 Å². The van der Waals surface area contributed by atoms with E-state index < -0.39 is 0 Å². The molecule has 3 heteroatoms. The standard InChI is InChI=1S/C14H22N2S/c1-2-12-9-15-7-4-3-5-13(15)10-16(12)14-6-8-17-11-14/h6,8,11-13H,2-5,7,9-10H2,1H3. The summed E-state index contributed by atoms with van der Waals surface area (Å²) in [6.45, 7) is 6.18. The lowest BCUT2D eigenvalue weighted by atomic mass is 9.95. The summed E-state index contributed by atoms with van der Waals surface area (Å²) in [6, 6.07) is 3.82. The Hall–Kier alpha value is -0.540. The van der Waals surface area contributed by atoms with Crippen LogP contribution in [0.2, 0.25) is 0 Å². The summed E-state index contributed by atoms with van der Waals surface area (Å²) in [4.78, 5) is 5.39. The van der Waals surface area contributed by atoms with Gasteiger partial charge in [-0.2, -0.15) is 11.3 Å². The number of rotatable bonds is 2. The van der Waals surface area contributed by atoms with Gasteiger partial charge in [0.25, 0.3) is 0 Å². The molecule has 1 aromatic heterocycles. The summed E-state index contributed by atoms with van der Waals surface area (Å²) in [5.41, 5.74) is 1.45. The molecule has 2 fully saturated rings. The number of thiophene rings is 1. The zero-order valence-corrected chi connectivity index (χ0v) is 11.5. The molecule has 0 N–H and O–H groups in total. The summed E-state index contributed by atoms with van der Waals surface area (Å²) in [6.07, 6.45) is 5.50. The fourth-order valence-electron chi connectivity index (χ4n) is 3.34. The summed E-state index contributed by atoms with van der Waals surface area (Å²) in [7, 11) is 0. The Bertz CT molecular complexity index is 349. The van der Waals surface area contributed by atoms with E-state index in [0.717, 1.165) is 12.1 Å². The smallest absolute Gasteiger partial charge is 0.0478 e. The van der Waals surface area contributed by atoms with Crippen LogP contribution in [0.25, 0.3) is 0 Å². The average Bonchev–Trinajstić information content (AvgIpc) is 2.91. The summed E-state index contributed by atoms with van der Waals surface area (Å²) in [5.74, 6) is 0.